The maximum atomic E-state index is 12.8. The minimum Gasteiger partial charge on any atom is -0.347 e. The van der Waals surface area contributed by atoms with Crippen LogP contribution in [0.1, 0.15) is 18.9 Å². The van der Waals surface area contributed by atoms with Gasteiger partial charge in [-0.05, 0) is 24.4 Å². The highest BCUT2D eigenvalue weighted by Crippen LogP contribution is 2.21. The molecule has 1 atom stereocenters. The highest BCUT2D eigenvalue weighted by molar-refractivity contribution is 14.0. The van der Waals surface area contributed by atoms with Gasteiger partial charge in [0.25, 0.3) is 0 Å². The van der Waals surface area contributed by atoms with Crippen LogP contribution in [0.3, 0.4) is 0 Å². The number of nitrogens with one attached hydrogen (secondary N) is 1. The Kier molecular flexibility index (Phi) is 11.6. The van der Waals surface area contributed by atoms with Crippen molar-refractivity contribution in [3.8, 4) is 0 Å². The van der Waals surface area contributed by atoms with Crippen LogP contribution in [0.2, 0.25) is 0 Å². The highest BCUT2D eigenvalue weighted by atomic mass is 127. The van der Waals surface area contributed by atoms with Gasteiger partial charge in [0.1, 0.15) is 0 Å². The SMILES string of the molecule is CCN(CC1CCN(C(=NCc2ccccc2)NCC(=O)N(C)C)C1)CC(F)(F)F.I. The van der Waals surface area contributed by atoms with Crippen molar-refractivity contribution in [3.63, 3.8) is 0 Å². The minimum absolute atomic E-state index is 0. The van der Waals surface area contributed by atoms with Crippen LogP contribution >= 0.6 is 24.0 Å². The molecule has 31 heavy (non-hydrogen) atoms. The third-order valence-corrected chi connectivity index (χ3v) is 5.10. The third kappa shape index (κ3) is 10.1. The van der Waals surface area contributed by atoms with Crippen LogP contribution in [0.5, 0.6) is 0 Å². The molecule has 0 bridgehead atoms. The summed E-state index contributed by atoms with van der Waals surface area (Å²) in [7, 11) is 3.38. The summed E-state index contributed by atoms with van der Waals surface area (Å²) in [5.41, 5.74) is 1.05. The molecule has 0 aliphatic carbocycles. The normalized spacial score (nSPS) is 16.9. The Bertz CT molecular complexity index is 700. The summed E-state index contributed by atoms with van der Waals surface area (Å²) in [6.45, 7) is 3.53. The fraction of sp³-hybridized carbons (Fsp3) is 0.619. The fourth-order valence-electron chi connectivity index (χ4n) is 3.43. The molecule has 1 heterocycles. The van der Waals surface area contributed by atoms with Crippen LogP contribution < -0.4 is 5.32 Å². The standard InChI is InChI=1S/C21H32F3N5O.HI/c1-4-28(16-21(22,23)24)14-18-10-11-29(15-18)20(26-13-19(30)27(2)3)25-12-17-8-6-5-7-9-17;/h5-9,18H,4,10-16H2,1-3H3,(H,25,26);1H. The van der Waals surface area contributed by atoms with E-state index >= 15 is 0 Å². The van der Waals surface area contributed by atoms with Gasteiger partial charge in [0, 0.05) is 33.7 Å². The number of guanidine groups is 1. The quantitative estimate of drug-likeness (QED) is 0.305. The zero-order chi connectivity index (χ0) is 22.1. The fourth-order valence-corrected chi connectivity index (χ4v) is 3.43. The number of benzene rings is 1. The highest BCUT2D eigenvalue weighted by Gasteiger charge is 2.33. The van der Waals surface area contributed by atoms with Gasteiger partial charge in [0.15, 0.2) is 5.96 Å². The van der Waals surface area contributed by atoms with Crippen LogP contribution in [-0.4, -0.2) is 86.1 Å². The Hall–Kier alpha value is -1.56. The number of hydrogen-bond donors (Lipinski definition) is 1. The largest absolute Gasteiger partial charge is 0.401 e. The summed E-state index contributed by atoms with van der Waals surface area (Å²) in [6, 6.07) is 9.79. The van der Waals surface area contributed by atoms with Crippen LogP contribution in [0.4, 0.5) is 13.2 Å². The molecule has 1 fully saturated rings. The molecule has 1 aliphatic rings. The Labute approximate surface area is 199 Å². The lowest BCUT2D eigenvalue weighted by Gasteiger charge is -2.26. The van der Waals surface area contributed by atoms with E-state index in [1.165, 1.54) is 9.80 Å². The van der Waals surface area contributed by atoms with E-state index < -0.39 is 12.7 Å². The first-order valence-electron chi connectivity index (χ1n) is 10.2. The lowest BCUT2D eigenvalue weighted by molar-refractivity contribution is -0.146. The van der Waals surface area contributed by atoms with Gasteiger partial charge in [-0.2, -0.15) is 13.2 Å². The number of hydrogen-bond acceptors (Lipinski definition) is 3. The van der Waals surface area contributed by atoms with Crippen LogP contribution in [0, 0.1) is 5.92 Å². The molecule has 0 radical (unpaired) electrons. The molecule has 1 saturated heterocycles. The number of likely N-dealkylation sites (N-methyl/N-ethyl adjacent to an activating group) is 1. The Balaban J connectivity index is 0.00000480. The van der Waals surface area contributed by atoms with Crippen LogP contribution in [0.15, 0.2) is 35.3 Å². The summed E-state index contributed by atoms with van der Waals surface area (Å²) >= 11 is 0. The first-order valence-corrected chi connectivity index (χ1v) is 10.2. The van der Waals surface area contributed by atoms with Gasteiger partial charge in [-0.3, -0.25) is 9.69 Å². The smallest absolute Gasteiger partial charge is 0.347 e. The van der Waals surface area contributed by atoms with E-state index in [2.05, 4.69) is 10.3 Å². The topological polar surface area (TPSA) is 51.2 Å². The van der Waals surface area contributed by atoms with E-state index in [4.69, 9.17) is 0 Å². The number of halogens is 4. The zero-order valence-electron chi connectivity index (χ0n) is 18.4. The van der Waals surface area contributed by atoms with E-state index in [9.17, 15) is 18.0 Å². The van der Waals surface area contributed by atoms with Crippen molar-refractivity contribution < 1.29 is 18.0 Å². The van der Waals surface area contributed by atoms with Gasteiger partial charge in [-0.25, -0.2) is 4.99 Å². The number of alkyl halides is 3. The van der Waals surface area contributed by atoms with Crippen molar-refractivity contribution in [2.24, 2.45) is 10.9 Å². The lowest BCUT2D eigenvalue weighted by Crippen LogP contribution is -2.45. The summed E-state index contributed by atoms with van der Waals surface area (Å²) < 4.78 is 38.3. The maximum Gasteiger partial charge on any atom is 0.401 e. The molecule has 6 nitrogen and oxygen atoms in total. The number of likely N-dealkylation sites (tertiary alicyclic amines) is 1. The number of carbonyl (C=O) groups is 1. The predicted octanol–water partition coefficient (Wildman–Crippen LogP) is 3.04. The summed E-state index contributed by atoms with van der Waals surface area (Å²) in [5, 5.41) is 3.13. The Morgan fingerprint density at radius 3 is 2.52 bits per heavy atom. The molecule has 1 aromatic rings. The maximum absolute atomic E-state index is 12.8. The van der Waals surface area contributed by atoms with Crippen molar-refractivity contribution in [3.05, 3.63) is 35.9 Å². The minimum atomic E-state index is -4.19. The molecule has 1 aliphatic heterocycles. The van der Waals surface area contributed by atoms with Crippen molar-refractivity contribution in [2.75, 3.05) is 53.4 Å². The Morgan fingerprint density at radius 2 is 1.94 bits per heavy atom. The average Bonchev–Trinajstić information content (AvgIpc) is 3.15. The first-order chi connectivity index (χ1) is 14.2. The second-order valence-corrected chi connectivity index (χ2v) is 7.81. The number of rotatable bonds is 8. The zero-order valence-corrected chi connectivity index (χ0v) is 20.7. The molecule has 0 saturated carbocycles. The van der Waals surface area contributed by atoms with Crippen molar-refractivity contribution in [2.45, 2.75) is 26.1 Å². The third-order valence-electron chi connectivity index (χ3n) is 5.10. The van der Waals surface area contributed by atoms with Crippen LogP contribution in [-0.2, 0) is 11.3 Å². The molecule has 1 aromatic carbocycles. The second-order valence-electron chi connectivity index (χ2n) is 7.81. The Morgan fingerprint density at radius 1 is 1.26 bits per heavy atom. The number of amides is 1. The molecule has 0 aromatic heterocycles. The van der Waals surface area contributed by atoms with E-state index in [0.717, 1.165) is 12.0 Å². The molecule has 1 unspecified atom stereocenters. The first kappa shape index (κ1) is 27.5. The molecule has 1 amide bonds. The molecule has 10 heteroatoms. The summed E-state index contributed by atoms with van der Waals surface area (Å²) in [5.74, 6) is 0.677. The van der Waals surface area contributed by atoms with E-state index in [1.807, 2.05) is 35.2 Å². The molecule has 1 N–H and O–H groups in total. The van der Waals surface area contributed by atoms with Gasteiger partial charge in [-0.15, -0.1) is 24.0 Å². The van der Waals surface area contributed by atoms with Gasteiger partial charge in [0.05, 0.1) is 19.6 Å². The van der Waals surface area contributed by atoms with Crippen molar-refractivity contribution in [1.29, 1.82) is 0 Å². The van der Waals surface area contributed by atoms with E-state index in [-0.39, 0.29) is 42.3 Å². The molecule has 176 valence electrons. The van der Waals surface area contributed by atoms with Crippen LogP contribution in [0.25, 0.3) is 0 Å². The second kappa shape index (κ2) is 13.1. The summed E-state index contributed by atoms with van der Waals surface area (Å²) in [6.07, 6.45) is -3.40. The van der Waals surface area contributed by atoms with Crippen molar-refractivity contribution >= 4 is 35.8 Å². The predicted molar refractivity (Wildman–Crippen MR) is 128 cm³/mol. The van der Waals surface area contributed by atoms with Gasteiger partial charge >= 0.3 is 6.18 Å². The monoisotopic (exact) mass is 555 g/mol. The van der Waals surface area contributed by atoms with E-state index in [1.54, 1.807) is 21.0 Å². The van der Waals surface area contributed by atoms with E-state index in [0.29, 0.717) is 38.7 Å². The number of aliphatic imine (C=N–C) groups is 1. The van der Waals surface area contributed by atoms with Gasteiger partial charge < -0.3 is 15.1 Å². The molecule has 2 rings (SSSR count). The molecular weight excluding hydrogens is 522 g/mol. The lowest BCUT2D eigenvalue weighted by atomic mass is 10.1. The van der Waals surface area contributed by atoms with Gasteiger partial charge in [-0.1, -0.05) is 37.3 Å². The average molecular weight is 555 g/mol. The van der Waals surface area contributed by atoms with Gasteiger partial charge in [0.2, 0.25) is 5.91 Å². The molecule has 0 spiro atoms. The summed E-state index contributed by atoms with van der Waals surface area (Å²) in [4.78, 5) is 21.6. The van der Waals surface area contributed by atoms with Crippen molar-refractivity contribution in [1.82, 2.24) is 20.0 Å². The molecular formula is C21H33F3IN5O. The number of nitrogens with zero attached hydrogens (tertiary/aromatic N) is 4. The number of carbonyl (C=O) groups excluding carboxylic acids is 1.